The number of amides is 3. The number of nitrogens with one attached hydrogen (secondary N) is 2. The molecule has 4 atom stereocenters. The topological polar surface area (TPSA) is 144 Å². The molecule has 1 aliphatic heterocycles. The number of pyridine rings is 1. The van der Waals surface area contributed by atoms with Gasteiger partial charge in [0, 0.05) is 23.9 Å². The minimum absolute atomic E-state index is 0.0527. The van der Waals surface area contributed by atoms with Crippen molar-refractivity contribution < 1.29 is 32.3 Å². The fraction of sp³-hybridized carbons (Fsp3) is 0.517. The number of fused-ring (bicyclic) bond motifs is 1. The quantitative estimate of drug-likeness (QED) is 0.451. The molecule has 2 aliphatic carbocycles. The smallest absolute Gasteiger partial charge is 0.411 e. The summed E-state index contributed by atoms with van der Waals surface area (Å²) in [5.74, 6) is -1.46. The zero-order valence-corrected chi connectivity index (χ0v) is 24.5. The molecule has 1 saturated heterocycles. The van der Waals surface area contributed by atoms with Gasteiger partial charge in [0.1, 0.15) is 23.3 Å². The van der Waals surface area contributed by atoms with E-state index in [4.69, 9.17) is 9.47 Å². The van der Waals surface area contributed by atoms with E-state index in [1.807, 2.05) is 31.2 Å². The first-order valence-electron chi connectivity index (χ1n) is 13.8. The highest BCUT2D eigenvalue weighted by Crippen LogP contribution is 2.45. The number of carbonyl (C=O) groups excluding carboxylic acids is 3. The van der Waals surface area contributed by atoms with E-state index in [1.165, 1.54) is 11.0 Å². The Morgan fingerprint density at radius 2 is 1.93 bits per heavy atom. The number of sulfonamides is 1. The van der Waals surface area contributed by atoms with E-state index >= 15 is 0 Å². The molecule has 0 bridgehead atoms. The van der Waals surface area contributed by atoms with Gasteiger partial charge >= 0.3 is 6.09 Å². The summed E-state index contributed by atoms with van der Waals surface area (Å²) < 4.78 is 38.9. The number of aromatic nitrogens is 1. The lowest BCUT2D eigenvalue weighted by molar-refractivity contribution is -0.131. The largest absolute Gasteiger partial charge is 0.472 e. The summed E-state index contributed by atoms with van der Waals surface area (Å²) in [4.78, 5) is 45.8. The van der Waals surface area contributed by atoms with E-state index in [1.54, 1.807) is 27.0 Å². The van der Waals surface area contributed by atoms with Crippen LogP contribution in [0.2, 0.25) is 0 Å². The number of ether oxygens (including phenoxy) is 2. The second-order valence-corrected chi connectivity index (χ2v) is 14.1. The van der Waals surface area contributed by atoms with Crippen LogP contribution >= 0.6 is 0 Å². The Morgan fingerprint density at radius 1 is 1.20 bits per heavy atom. The average molecular weight is 585 g/mol. The molecule has 4 unspecified atom stereocenters. The van der Waals surface area contributed by atoms with Crippen molar-refractivity contribution in [2.24, 2.45) is 5.92 Å². The summed E-state index contributed by atoms with van der Waals surface area (Å²) in [7, 11) is -3.82. The van der Waals surface area contributed by atoms with Crippen LogP contribution in [0.15, 0.2) is 43.1 Å². The minimum atomic E-state index is -3.82. The summed E-state index contributed by atoms with van der Waals surface area (Å²) in [5.41, 5.74) is -1.30. The lowest BCUT2D eigenvalue weighted by atomic mass is 10.1. The second kappa shape index (κ2) is 10.3. The van der Waals surface area contributed by atoms with Crippen molar-refractivity contribution in [2.75, 3.05) is 6.54 Å². The monoisotopic (exact) mass is 584 g/mol. The van der Waals surface area contributed by atoms with E-state index in [0.717, 1.165) is 16.3 Å². The third kappa shape index (κ3) is 5.88. The van der Waals surface area contributed by atoms with E-state index in [0.29, 0.717) is 18.7 Å². The Kier molecular flexibility index (Phi) is 7.25. The minimum Gasteiger partial charge on any atom is -0.472 e. The maximum absolute atomic E-state index is 13.7. The van der Waals surface area contributed by atoms with Crippen molar-refractivity contribution >= 4 is 38.7 Å². The molecule has 0 radical (unpaired) electrons. The van der Waals surface area contributed by atoms with Crippen molar-refractivity contribution in [3.8, 4) is 5.88 Å². The van der Waals surface area contributed by atoms with Gasteiger partial charge in [-0.1, -0.05) is 24.3 Å². The molecule has 220 valence electrons. The summed E-state index contributed by atoms with van der Waals surface area (Å²) in [6.45, 7) is 10.9. The lowest BCUT2D eigenvalue weighted by Gasteiger charge is -2.29. The van der Waals surface area contributed by atoms with Gasteiger partial charge in [0.15, 0.2) is 0 Å². The summed E-state index contributed by atoms with van der Waals surface area (Å²) in [6, 6.07) is 6.70. The first-order chi connectivity index (χ1) is 19.2. The Morgan fingerprint density at radius 3 is 2.56 bits per heavy atom. The highest BCUT2D eigenvalue weighted by Gasteiger charge is 2.62. The fourth-order valence-corrected chi connectivity index (χ4v) is 6.66. The number of rotatable bonds is 8. The average Bonchev–Trinajstić information content (AvgIpc) is 3.80. The van der Waals surface area contributed by atoms with Gasteiger partial charge in [-0.15, -0.1) is 6.58 Å². The predicted octanol–water partition coefficient (Wildman–Crippen LogP) is 2.97. The van der Waals surface area contributed by atoms with Gasteiger partial charge in [-0.05, 0) is 64.0 Å². The van der Waals surface area contributed by atoms with E-state index in [2.05, 4.69) is 21.6 Å². The molecule has 3 fully saturated rings. The number of benzene rings is 1. The Hall–Kier alpha value is -3.67. The summed E-state index contributed by atoms with van der Waals surface area (Å²) >= 11 is 0. The molecule has 41 heavy (non-hydrogen) atoms. The molecule has 2 aromatic rings. The van der Waals surface area contributed by atoms with Gasteiger partial charge in [0.05, 0.1) is 11.8 Å². The maximum atomic E-state index is 13.7. The molecule has 3 amide bonds. The van der Waals surface area contributed by atoms with Crippen molar-refractivity contribution in [1.29, 1.82) is 0 Å². The highest BCUT2D eigenvalue weighted by atomic mass is 32.2. The molecule has 0 spiro atoms. The highest BCUT2D eigenvalue weighted by molar-refractivity contribution is 7.91. The molecule has 3 aliphatic rings. The standard InChI is InChI=1S/C29H36N4O7S/c1-6-19-15-29(19,26(35)32-41(37,38)21-10-11-21)31-24(34)22-14-20(16-33(22)27(36)40-28(3,4)5)39-25-23-17(2)8-7-9-18(23)12-13-30-25/h6-9,12-13,19-22H,1,10-11,14-16H2,2-5H3,(H,31,34)(H,32,35). The number of likely N-dealkylation sites (tertiary alicyclic amines) is 1. The Bertz CT molecular complexity index is 1510. The Balaban J connectivity index is 1.38. The van der Waals surface area contributed by atoms with Crippen LogP contribution in [0.25, 0.3) is 10.8 Å². The molecular weight excluding hydrogens is 548 g/mol. The number of aryl methyl sites for hydroxylation is 1. The first kappa shape index (κ1) is 28.8. The molecule has 2 N–H and O–H groups in total. The van der Waals surface area contributed by atoms with Gasteiger partial charge < -0.3 is 14.8 Å². The molecule has 5 rings (SSSR count). The van der Waals surface area contributed by atoms with E-state index in [-0.39, 0.29) is 19.4 Å². The van der Waals surface area contributed by atoms with Crippen molar-refractivity contribution in [1.82, 2.24) is 19.9 Å². The summed E-state index contributed by atoms with van der Waals surface area (Å²) in [6.07, 6.45) is 3.17. The number of hydrogen-bond acceptors (Lipinski definition) is 8. The number of carbonyl (C=O) groups is 3. The van der Waals surface area contributed by atoms with Crippen molar-refractivity contribution in [2.45, 2.75) is 81.9 Å². The first-order valence-corrected chi connectivity index (χ1v) is 15.3. The zero-order valence-electron chi connectivity index (χ0n) is 23.7. The molecule has 12 heteroatoms. The van der Waals surface area contributed by atoms with Crippen molar-refractivity contribution in [3.05, 3.63) is 48.7 Å². The Labute approximate surface area is 239 Å². The third-order valence-corrected chi connectivity index (χ3v) is 9.50. The van der Waals surface area contributed by atoms with Gasteiger partial charge in [0.2, 0.25) is 21.8 Å². The van der Waals surface area contributed by atoms with Crippen LogP contribution in [0.4, 0.5) is 4.79 Å². The van der Waals surface area contributed by atoms with Crippen LogP contribution in [0, 0.1) is 12.8 Å². The van der Waals surface area contributed by atoms with E-state index in [9.17, 15) is 22.8 Å². The van der Waals surface area contributed by atoms with Crippen LogP contribution < -0.4 is 14.8 Å². The predicted molar refractivity (Wildman–Crippen MR) is 152 cm³/mol. The number of nitrogens with zero attached hydrogens (tertiary/aromatic N) is 2. The third-order valence-electron chi connectivity index (χ3n) is 7.69. The van der Waals surface area contributed by atoms with Gasteiger partial charge in [-0.3, -0.25) is 19.2 Å². The molecule has 1 aromatic carbocycles. The van der Waals surface area contributed by atoms with Crippen LogP contribution in [0.5, 0.6) is 5.88 Å². The van der Waals surface area contributed by atoms with Gasteiger partial charge in [-0.25, -0.2) is 18.2 Å². The van der Waals surface area contributed by atoms with Crippen LogP contribution in [0.1, 0.15) is 52.0 Å². The molecule has 2 heterocycles. The van der Waals surface area contributed by atoms with Crippen molar-refractivity contribution in [3.63, 3.8) is 0 Å². The van der Waals surface area contributed by atoms with E-state index < -0.39 is 62.4 Å². The lowest BCUT2D eigenvalue weighted by Crippen LogP contribution is -2.56. The fourth-order valence-electron chi connectivity index (χ4n) is 5.29. The molecule has 1 aromatic heterocycles. The molecule has 2 saturated carbocycles. The maximum Gasteiger partial charge on any atom is 0.411 e. The van der Waals surface area contributed by atoms with Crippen LogP contribution in [-0.4, -0.2) is 71.3 Å². The molecule has 11 nitrogen and oxygen atoms in total. The van der Waals surface area contributed by atoms with Gasteiger partial charge in [0.25, 0.3) is 5.91 Å². The van der Waals surface area contributed by atoms with Gasteiger partial charge in [-0.2, -0.15) is 0 Å². The second-order valence-electron chi connectivity index (χ2n) is 12.1. The van der Waals surface area contributed by atoms with Crippen LogP contribution in [0.3, 0.4) is 0 Å². The van der Waals surface area contributed by atoms with Crippen LogP contribution in [-0.2, 0) is 24.3 Å². The zero-order chi connectivity index (χ0) is 29.7. The SMILES string of the molecule is C=CC1CC1(NC(=O)C1CC(Oc2nccc3cccc(C)c23)CN1C(=O)OC(C)(C)C)C(=O)NS(=O)(=O)C1CC1. The normalized spacial score (nSPS) is 25.9. The number of hydrogen-bond donors (Lipinski definition) is 2. The summed E-state index contributed by atoms with van der Waals surface area (Å²) in [5, 5.41) is 3.95. The molecular formula is C29H36N4O7S.